The summed E-state index contributed by atoms with van der Waals surface area (Å²) in [6.45, 7) is 2.66. The number of urea groups is 1. The number of hydrogen-bond donors (Lipinski definition) is 2. The topological polar surface area (TPSA) is 72.9 Å². The van der Waals surface area contributed by atoms with Crippen LogP contribution >= 0.6 is 0 Å². The first-order chi connectivity index (χ1) is 7.16. The fraction of sp³-hybridized carbons (Fsp3) is 0.778. The predicted molar refractivity (Wildman–Crippen MR) is 52.2 cm³/mol. The van der Waals surface area contributed by atoms with Gasteiger partial charge in [-0.25, -0.2) is 4.79 Å². The molecule has 2 N–H and O–H groups in total. The number of likely N-dealkylation sites (tertiary alicyclic amines) is 1. The van der Waals surface area contributed by atoms with E-state index in [1.54, 1.807) is 0 Å². The number of β-amino-alcohol motifs (C(OH)–C–C–N with tert-alkyl or cyclic N) is 1. The van der Waals surface area contributed by atoms with E-state index in [4.69, 9.17) is 0 Å². The number of imide groups is 1. The first kappa shape index (κ1) is 10.4. The zero-order valence-electron chi connectivity index (χ0n) is 8.48. The summed E-state index contributed by atoms with van der Waals surface area (Å²) in [5.41, 5.74) is 0. The van der Waals surface area contributed by atoms with Crippen LogP contribution in [0.1, 0.15) is 6.42 Å². The van der Waals surface area contributed by atoms with Gasteiger partial charge in [-0.3, -0.25) is 14.6 Å². The molecule has 0 radical (unpaired) electrons. The first-order valence-electron chi connectivity index (χ1n) is 5.15. The fourth-order valence-corrected chi connectivity index (χ4v) is 1.94. The van der Waals surface area contributed by atoms with Gasteiger partial charge >= 0.3 is 6.03 Å². The highest BCUT2D eigenvalue weighted by Gasteiger charge is 2.29. The Bertz CT molecular complexity index is 266. The minimum atomic E-state index is -0.306. The lowest BCUT2D eigenvalue weighted by atomic mass is 10.3. The number of carbonyl (C=O) groups is 2. The molecule has 0 spiro atoms. The minimum absolute atomic E-state index is 0.113. The summed E-state index contributed by atoms with van der Waals surface area (Å²) in [4.78, 5) is 25.7. The maximum atomic E-state index is 11.2. The average Bonchev–Trinajstić information content (AvgIpc) is 2.73. The summed E-state index contributed by atoms with van der Waals surface area (Å²) in [6.07, 6.45) is 0.522. The minimum Gasteiger partial charge on any atom is -0.392 e. The monoisotopic (exact) mass is 213 g/mol. The van der Waals surface area contributed by atoms with E-state index in [1.807, 2.05) is 0 Å². The van der Waals surface area contributed by atoms with Crippen LogP contribution < -0.4 is 5.32 Å². The predicted octanol–water partition coefficient (Wildman–Crippen LogP) is -1.40. The zero-order valence-corrected chi connectivity index (χ0v) is 8.48. The Balaban J connectivity index is 1.78. The van der Waals surface area contributed by atoms with Crippen LogP contribution in [0.3, 0.4) is 0 Å². The van der Waals surface area contributed by atoms with E-state index in [0.717, 1.165) is 13.0 Å². The molecule has 2 rings (SSSR count). The van der Waals surface area contributed by atoms with Crippen LogP contribution in [0.5, 0.6) is 0 Å². The summed E-state index contributed by atoms with van der Waals surface area (Å²) in [7, 11) is 0. The molecule has 2 saturated heterocycles. The van der Waals surface area contributed by atoms with Gasteiger partial charge in [-0.15, -0.1) is 0 Å². The van der Waals surface area contributed by atoms with E-state index in [0.29, 0.717) is 19.6 Å². The molecule has 0 aromatic heterocycles. The number of hydrogen-bond acceptors (Lipinski definition) is 4. The Kier molecular flexibility index (Phi) is 2.88. The second kappa shape index (κ2) is 4.16. The molecule has 0 bridgehead atoms. The lowest BCUT2D eigenvalue weighted by molar-refractivity contribution is -0.125. The van der Waals surface area contributed by atoms with Crippen molar-refractivity contribution in [1.29, 1.82) is 0 Å². The number of aliphatic hydroxyl groups is 1. The zero-order chi connectivity index (χ0) is 10.8. The standard InChI is InChI=1S/C9H15N3O3/c13-7-1-2-11(6-7)3-4-12-8(14)5-10-9(12)15/h7,13H,1-6H2,(H,10,15)/t7-/m0/s1. The molecule has 2 heterocycles. The van der Waals surface area contributed by atoms with Crippen LogP contribution in [0.25, 0.3) is 0 Å². The van der Waals surface area contributed by atoms with Crippen LogP contribution in [0.2, 0.25) is 0 Å². The van der Waals surface area contributed by atoms with Gasteiger partial charge in [-0.2, -0.15) is 0 Å². The highest BCUT2D eigenvalue weighted by molar-refractivity contribution is 6.01. The molecule has 0 aromatic rings. The van der Waals surface area contributed by atoms with Crippen LogP contribution in [-0.4, -0.2) is 65.7 Å². The van der Waals surface area contributed by atoms with Crippen molar-refractivity contribution in [3.05, 3.63) is 0 Å². The Hall–Kier alpha value is -1.14. The van der Waals surface area contributed by atoms with E-state index in [-0.39, 0.29) is 24.6 Å². The normalized spacial score (nSPS) is 27.5. The van der Waals surface area contributed by atoms with Gasteiger partial charge in [0.25, 0.3) is 0 Å². The van der Waals surface area contributed by atoms with Crippen LogP contribution in [0.4, 0.5) is 4.79 Å². The summed E-state index contributed by atoms with van der Waals surface area (Å²) in [5.74, 6) is -0.167. The van der Waals surface area contributed by atoms with Crippen LogP contribution in [-0.2, 0) is 4.79 Å². The molecule has 2 aliphatic rings. The van der Waals surface area contributed by atoms with E-state index < -0.39 is 0 Å². The molecule has 3 amide bonds. The van der Waals surface area contributed by atoms with Crippen molar-refractivity contribution < 1.29 is 14.7 Å². The number of rotatable bonds is 3. The number of carbonyl (C=O) groups excluding carboxylic acids is 2. The van der Waals surface area contributed by atoms with E-state index in [9.17, 15) is 14.7 Å². The Morgan fingerprint density at radius 3 is 2.73 bits per heavy atom. The second-order valence-corrected chi connectivity index (χ2v) is 3.95. The van der Waals surface area contributed by atoms with Gasteiger partial charge in [-0.05, 0) is 6.42 Å². The van der Waals surface area contributed by atoms with Gasteiger partial charge in [0.1, 0.15) is 0 Å². The number of nitrogens with one attached hydrogen (secondary N) is 1. The molecular formula is C9H15N3O3. The van der Waals surface area contributed by atoms with Crippen molar-refractivity contribution in [3.63, 3.8) is 0 Å². The quantitative estimate of drug-likeness (QED) is 0.566. The Labute approximate surface area is 87.8 Å². The van der Waals surface area contributed by atoms with Gasteiger partial charge in [-0.1, -0.05) is 0 Å². The largest absolute Gasteiger partial charge is 0.392 e. The summed E-state index contributed by atoms with van der Waals surface area (Å²) in [5, 5.41) is 11.8. The first-order valence-corrected chi connectivity index (χ1v) is 5.15. The van der Waals surface area contributed by atoms with Crippen LogP contribution in [0, 0.1) is 0 Å². The van der Waals surface area contributed by atoms with Crippen molar-refractivity contribution in [2.75, 3.05) is 32.7 Å². The molecule has 84 valence electrons. The Morgan fingerprint density at radius 2 is 2.20 bits per heavy atom. The molecule has 6 heteroatoms. The maximum Gasteiger partial charge on any atom is 0.324 e. The third kappa shape index (κ3) is 2.27. The number of nitrogens with zero attached hydrogens (tertiary/aromatic N) is 2. The van der Waals surface area contributed by atoms with Crippen molar-refractivity contribution in [3.8, 4) is 0 Å². The molecule has 0 aromatic carbocycles. The number of aliphatic hydroxyl groups excluding tert-OH is 1. The maximum absolute atomic E-state index is 11.2. The lowest BCUT2D eigenvalue weighted by Gasteiger charge is -2.18. The fourth-order valence-electron chi connectivity index (χ4n) is 1.94. The van der Waals surface area contributed by atoms with Gasteiger partial charge in [0, 0.05) is 26.2 Å². The van der Waals surface area contributed by atoms with Gasteiger partial charge < -0.3 is 10.4 Å². The summed E-state index contributed by atoms with van der Waals surface area (Å²) < 4.78 is 0. The highest BCUT2D eigenvalue weighted by Crippen LogP contribution is 2.08. The lowest BCUT2D eigenvalue weighted by Crippen LogP contribution is -2.38. The van der Waals surface area contributed by atoms with Crippen molar-refractivity contribution in [2.24, 2.45) is 0 Å². The molecule has 0 saturated carbocycles. The molecule has 2 fully saturated rings. The molecule has 0 unspecified atom stereocenters. The smallest absolute Gasteiger partial charge is 0.324 e. The number of amides is 3. The van der Waals surface area contributed by atoms with Gasteiger partial charge in [0.15, 0.2) is 0 Å². The van der Waals surface area contributed by atoms with Crippen molar-refractivity contribution in [1.82, 2.24) is 15.1 Å². The average molecular weight is 213 g/mol. The van der Waals surface area contributed by atoms with E-state index in [2.05, 4.69) is 10.2 Å². The van der Waals surface area contributed by atoms with Crippen molar-refractivity contribution in [2.45, 2.75) is 12.5 Å². The SMILES string of the molecule is O=C1CNC(=O)N1CCN1CC[C@H](O)C1. The third-order valence-corrected chi connectivity index (χ3v) is 2.82. The van der Waals surface area contributed by atoms with Crippen LogP contribution in [0.15, 0.2) is 0 Å². The molecule has 15 heavy (non-hydrogen) atoms. The summed E-state index contributed by atoms with van der Waals surface area (Å²) in [6, 6.07) is -0.306. The molecule has 6 nitrogen and oxygen atoms in total. The van der Waals surface area contributed by atoms with E-state index >= 15 is 0 Å². The van der Waals surface area contributed by atoms with Crippen molar-refractivity contribution >= 4 is 11.9 Å². The molecule has 0 aliphatic carbocycles. The second-order valence-electron chi connectivity index (χ2n) is 3.95. The highest BCUT2D eigenvalue weighted by atomic mass is 16.3. The third-order valence-electron chi connectivity index (χ3n) is 2.82. The molecular weight excluding hydrogens is 198 g/mol. The summed E-state index contributed by atoms with van der Waals surface area (Å²) >= 11 is 0. The molecule has 2 aliphatic heterocycles. The van der Waals surface area contributed by atoms with Gasteiger partial charge in [0.05, 0.1) is 12.6 Å². The molecule has 1 atom stereocenters. The van der Waals surface area contributed by atoms with E-state index in [1.165, 1.54) is 4.90 Å². The van der Waals surface area contributed by atoms with Gasteiger partial charge in [0.2, 0.25) is 5.91 Å². The Morgan fingerprint density at radius 1 is 1.40 bits per heavy atom.